The van der Waals surface area contributed by atoms with E-state index in [0.717, 1.165) is 17.7 Å². The highest BCUT2D eigenvalue weighted by Gasteiger charge is 2.31. The third-order valence-corrected chi connectivity index (χ3v) is 5.35. The molecule has 3 amide bonds. The van der Waals surface area contributed by atoms with Crippen molar-refractivity contribution in [3.8, 4) is 0 Å². The molecule has 0 aromatic heterocycles. The van der Waals surface area contributed by atoms with E-state index >= 15 is 0 Å². The van der Waals surface area contributed by atoms with Gasteiger partial charge in [0.2, 0.25) is 5.91 Å². The standard InChI is InChI=1S/C23H29N3O2/c1-5-21(27)24-18-11-10-16(2)20(14-18)25-22(28)26-13-12-17-8-6-7-9-19(17)23(3,4)15-26/h6-11,14H,5,12-13,15H2,1-4H3,(H,24,27)(H,25,28). The van der Waals surface area contributed by atoms with E-state index in [-0.39, 0.29) is 17.4 Å². The second-order valence-electron chi connectivity index (χ2n) is 8.07. The number of hydrogen-bond acceptors (Lipinski definition) is 2. The van der Waals surface area contributed by atoms with E-state index in [1.54, 1.807) is 0 Å². The first kappa shape index (κ1) is 19.9. The summed E-state index contributed by atoms with van der Waals surface area (Å²) in [5, 5.41) is 5.88. The van der Waals surface area contributed by atoms with Gasteiger partial charge in [0.05, 0.1) is 0 Å². The van der Waals surface area contributed by atoms with Crippen LogP contribution in [0.25, 0.3) is 0 Å². The van der Waals surface area contributed by atoms with Gasteiger partial charge in [-0.1, -0.05) is 51.1 Å². The lowest BCUT2D eigenvalue weighted by molar-refractivity contribution is -0.115. The second kappa shape index (κ2) is 8.05. The predicted molar refractivity (Wildman–Crippen MR) is 114 cm³/mol. The summed E-state index contributed by atoms with van der Waals surface area (Å²) in [4.78, 5) is 26.6. The number of benzene rings is 2. The van der Waals surface area contributed by atoms with E-state index in [4.69, 9.17) is 0 Å². The Kier molecular flexibility index (Phi) is 5.73. The Balaban J connectivity index is 1.77. The van der Waals surface area contributed by atoms with Gasteiger partial charge >= 0.3 is 6.03 Å². The zero-order valence-electron chi connectivity index (χ0n) is 17.1. The molecular formula is C23H29N3O2. The van der Waals surface area contributed by atoms with Gasteiger partial charge in [-0.15, -0.1) is 0 Å². The molecule has 0 atom stereocenters. The highest BCUT2D eigenvalue weighted by molar-refractivity contribution is 5.94. The van der Waals surface area contributed by atoms with Crippen molar-refractivity contribution in [1.82, 2.24) is 4.90 Å². The third kappa shape index (κ3) is 4.35. The van der Waals surface area contributed by atoms with Crippen LogP contribution in [0.5, 0.6) is 0 Å². The summed E-state index contributed by atoms with van der Waals surface area (Å²) in [5.41, 5.74) is 4.88. The average Bonchev–Trinajstić information content (AvgIpc) is 2.80. The Bertz CT molecular complexity index is 889. The zero-order valence-corrected chi connectivity index (χ0v) is 17.1. The van der Waals surface area contributed by atoms with Crippen molar-refractivity contribution in [2.24, 2.45) is 0 Å². The minimum Gasteiger partial charge on any atom is -0.326 e. The average molecular weight is 380 g/mol. The van der Waals surface area contributed by atoms with Crippen LogP contribution >= 0.6 is 0 Å². The molecule has 1 aliphatic heterocycles. The summed E-state index contributed by atoms with van der Waals surface area (Å²) in [6.07, 6.45) is 1.26. The Morgan fingerprint density at radius 1 is 1.11 bits per heavy atom. The van der Waals surface area contributed by atoms with E-state index in [1.165, 1.54) is 11.1 Å². The lowest BCUT2D eigenvalue weighted by Crippen LogP contribution is -2.42. The molecule has 0 saturated carbocycles. The summed E-state index contributed by atoms with van der Waals surface area (Å²) < 4.78 is 0. The summed E-state index contributed by atoms with van der Waals surface area (Å²) in [6, 6.07) is 13.9. The Morgan fingerprint density at radius 2 is 1.86 bits per heavy atom. The van der Waals surface area contributed by atoms with Crippen molar-refractivity contribution in [1.29, 1.82) is 0 Å². The Hall–Kier alpha value is -2.82. The highest BCUT2D eigenvalue weighted by Crippen LogP contribution is 2.31. The molecule has 0 bridgehead atoms. The molecule has 3 rings (SSSR count). The molecular weight excluding hydrogens is 350 g/mol. The minimum atomic E-state index is -0.115. The van der Waals surface area contributed by atoms with Crippen LogP contribution in [0.15, 0.2) is 42.5 Å². The van der Waals surface area contributed by atoms with Gasteiger partial charge in [0.1, 0.15) is 0 Å². The van der Waals surface area contributed by atoms with Crippen LogP contribution in [0.2, 0.25) is 0 Å². The SMILES string of the molecule is CCC(=O)Nc1ccc(C)c(NC(=O)N2CCc3ccccc3C(C)(C)C2)c1. The number of fused-ring (bicyclic) bond motifs is 1. The molecule has 0 aliphatic carbocycles. The van der Waals surface area contributed by atoms with E-state index in [2.05, 4.69) is 48.7 Å². The molecule has 5 heteroatoms. The Labute approximate surface area is 167 Å². The van der Waals surface area contributed by atoms with Crippen LogP contribution in [0, 0.1) is 6.92 Å². The number of aryl methyl sites for hydroxylation is 1. The smallest absolute Gasteiger partial charge is 0.321 e. The monoisotopic (exact) mass is 379 g/mol. The largest absolute Gasteiger partial charge is 0.326 e. The highest BCUT2D eigenvalue weighted by atomic mass is 16.2. The molecule has 0 fully saturated rings. The molecule has 0 saturated heterocycles. The number of nitrogens with zero attached hydrogens (tertiary/aromatic N) is 1. The maximum Gasteiger partial charge on any atom is 0.321 e. The summed E-state index contributed by atoms with van der Waals surface area (Å²) >= 11 is 0. The fourth-order valence-corrected chi connectivity index (χ4v) is 3.75. The van der Waals surface area contributed by atoms with Gasteiger partial charge in [-0.3, -0.25) is 4.79 Å². The number of anilines is 2. The molecule has 1 heterocycles. The van der Waals surface area contributed by atoms with Crippen molar-refractivity contribution < 1.29 is 9.59 Å². The van der Waals surface area contributed by atoms with Gasteiger partial charge in [-0.05, 0) is 42.2 Å². The van der Waals surface area contributed by atoms with E-state index in [0.29, 0.717) is 25.2 Å². The molecule has 148 valence electrons. The molecule has 5 nitrogen and oxygen atoms in total. The second-order valence-corrected chi connectivity index (χ2v) is 8.07. The number of carbonyl (C=O) groups is 2. The van der Waals surface area contributed by atoms with Crippen molar-refractivity contribution in [3.63, 3.8) is 0 Å². The topological polar surface area (TPSA) is 61.4 Å². The van der Waals surface area contributed by atoms with Crippen molar-refractivity contribution in [2.75, 3.05) is 23.7 Å². The lowest BCUT2D eigenvalue weighted by Gasteiger charge is -2.31. The number of rotatable bonds is 3. The Morgan fingerprint density at radius 3 is 2.61 bits per heavy atom. The lowest BCUT2D eigenvalue weighted by atomic mass is 9.82. The van der Waals surface area contributed by atoms with Crippen LogP contribution in [-0.2, 0) is 16.6 Å². The first-order valence-corrected chi connectivity index (χ1v) is 9.85. The van der Waals surface area contributed by atoms with E-state index < -0.39 is 0 Å². The molecule has 2 N–H and O–H groups in total. The molecule has 2 aromatic carbocycles. The van der Waals surface area contributed by atoms with Crippen LogP contribution in [0.4, 0.5) is 16.2 Å². The van der Waals surface area contributed by atoms with Gasteiger partial charge in [-0.25, -0.2) is 4.79 Å². The van der Waals surface area contributed by atoms with Gasteiger partial charge in [0, 0.05) is 36.3 Å². The van der Waals surface area contributed by atoms with E-state index in [1.807, 2.05) is 36.9 Å². The number of urea groups is 1. The van der Waals surface area contributed by atoms with Gasteiger partial charge in [-0.2, -0.15) is 0 Å². The van der Waals surface area contributed by atoms with Gasteiger partial charge in [0.25, 0.3) is 0 Å². The number of amides is 3. The van der Waals surface area contributed by atoms with Crippen molar-refractivity contribution >= 4 is 23.3 Å². The predicted octanol–water partition coefficient (Wildman–Crippen LogP) is 4.71. The first-order chi connectivity index (χ1) is 13.3. The molecule has 28 heavy (non-hydrogen) atoms. The normalized spacial score (nSPS) is 15.4. The van der Waals surface area contributed by atoms with E-state index in [9.17, 15) is 9.59 Å². The number of carbonyl (C=O) groups excluding carboxylic acids is 2. The van der Waals surface area contributed by atoms with Crippen molar-refractivity contribution in [3.05, 3.63) is 59.2 Å². The first-order valence-electron chi connectivity index (χ1n) is 9.85. The molecule has 0 radical (unpaired) electrons. The maximum atomic E-state index is 13.0. The minimum absolute atomic E-state index is 0.0480. The van der Waals surface area contributed by atoms with Crippen LogP contribution in [0.1, 0.15) is 43.9 Å². The van der Waals surface area contributed by atoms with Crippen LogP contribution < -0.4 is 10.6 Å². The molecule has 1 aliphatic rings. The summed E-state index contributed by atoms with van der Waals surface area (Å²) in [6.45, 7) is 9.46. The fourth-order valence-electron chi connectivity index (χ4n) is 3.75. The molecule has 2 aromatic rings. The third-order valence-electron chi connectivity index (χ3n) is 5.35. The van der Waals surface area contributed by atoms with Crippen LogP contribution in [-0.4, -0.2) is 29.9 Å². The zero-order chi connectivity index (χ0) is 20.3. The van der Waals surface area contributed by atoms with Gasteiger partial charge < -0.3 is 15.5 Å². The van der Waals surface area contributed by atoms with Crippen molar-refractivity contribution in [2.45, 2.75) is 46.0 Å². The number of nitrogens with one attached hydrogen (secondary N) is 2. The molecule has 0 unspecified atom stereocenters. The summed E-state index contributed by atoms with van der Waals surface area (Å²) in [5.74, 6) is -0.0480. The number of hydrogen-bond donors (Lipinski definition) is 2. The molecule has 0 spiro atoms. The maximum absolute atomic E-state index is 13.0. The van der Waals surface area contributed by atoms with Gasteiger partial charge in [0.15, 0.2) is 0 Å². The van der Waals surface area contributed by atoms with Crippen LogP contribution in [0.3, 0.4) is 0 Å². The quantitative estimate of drug-likeness (QED) is 0.811. The fraction of sp³-hybridized carbons (Fsp3) is 0.391. The summed E-state index contributed by atoms with van der Waals surface area (Å²) in [7, 11) is 0.